The molecule has 2 aromatic heterocycles. The van der Waals surface area contributed by atoms with Gasteiger partial charge in [-0.2, -0.15) is 5.10 Å². The number of benzene rings is 3. The van der Waals surface area contributed by atoms with E-state index in [2.05, 4.69) is 10.1 Å². The van der Waals surface area contributed by atoms with E-state index in [4.69, 9.17) is 4.42 Å². The number of phenols is 1. The summed E-state index contributed by atoms with van der Waals surface area (Å²) in [5, 5.41) is 18.9. The number of hydrogen-bond donors (Lipinski definition) is 1. The molecule has 5 nitrogen and oxygen atoms in total. The molecule has 0 unspecified atom stereocenters. The number of aromatic nitrogens is 1. The molecule has 3 aromatic carbocycles. The van der Waals surface area contributed by atoms with Crippen LogP contribution in [0.2, 0.25) is 0 Å². The Hall–Kier alpha value is -3.97. The summed E-state index contributed by atoms with van der Waals surface area (Å²) in [6.07, 6.45) is 3.20. The van der Waals surface area contributed by atoms with Crippen LogP contribution in [-0.2, 0) is 0 Å². The number of aromatic hydroxyl groups is 1. The molecule has 0 atom stereocenters. The standard InChI is InChI=1S/C24H16FN3O2S/c25-17-8-10-18(11-9-17)27-24-28(21(15-31-24)23-6-3-13-30-23)26-14-20-19-5-2-1-4-16(19)7-12-22(20)29/h1-15,29H. The summed E-state index contributed by atoms with van der Waals surface area (Å²) in [6, 6.07) is 20.9. The summed E-state index contributed by atoms with van der Waals surface area (Å²) < 4.78 is 20.5. The minimum absolute atomic E-state index is 0.134. The molecule has 5 aromatic rings. The fourth-order valence-electron chi connectivity index (χ4n) is 3.24. The van der Waals surface area contributed by atoms with E-state index in [0.29, 0.717) is 27.5 Å². The highest BCUT2D eigenvalue weighted by molar-refractivity contribution is 7.07. The quantitative estimate of drug-likeness (QED) is 0.360. The van der Waals surface area contributed by atoms with Gasteiger partial charge >= 0.3 is 0 Å². The van der Waals surface area contributed by atoms with Gasteiger partial charge in [0.2, 0.25) is 4.80 Å². The van der Waals surface area contributed by atoms with Crippen LogP contribution in [0.5, 0.6) is 5.75 Å². The van der Waals surface area contributed by atoms with Crippen LogP contribution in [0.25, 0.3) is 22.2 Å². The summed E-state index contributed by atoms with van der Waals surface area (Å²) in [4.78, 5) is 5.18. The molecule has 0 radical (unpaired) electrons. The number of rotatable bonds is 4. The number of nitrogens with zero attached hydrogens (tertiary/aromatic N) is 3. The molecule has 0 spiro atoms. The molecule has 7 heteroatoms. The topological polar surface area (TPSA) is 63.0 Å². The number of furan rings is 1. The third-order valence-corrected chi connectivity index (χ3v) is 5.58. The van der Waals surface area contributed by atoms with Gasteiger partial charge in [0.05, 0.1) is 18.2 Å². The zero-order chi connectivity index (χ0) is 21.2. The highest BCUT2D eigenvalue weighted by atomic mass is 32.1. The third-order valence-electron chi connectivity index (χ3n) is 4.76. The second kappa shape index (κ2) is 8.04. The molecule has 1 N–H and O–H groups in total. The molecule has 0 fully saturated rings. The minimum atomic E-state index is -0.321. The lowest BCUT2D eigenvalue weighted by molar-refractivity contribution is 0.475. The van der Waals surface area contributed by atoms with Gasteiger partial charge in [-0.25, -0.2) is 14.1 Å². The predicted molar refractivity (Wildman–Crippen MR) is 120 cm³/mol. The lowest BCUT2D eigenvalue weighted by Gasteiger charge is -2.05. The Kier molecular flexibility index (Phi) is 4.93. The molecule has 0 saturated heterocycles. The minimum Gasteiger partial charge on any atom is -0.507 e. The van der Waals surface area contributed by atoms with E-state index >= 15 is 0 Å². The number of fused-ring (bicyclic) bond motifs is 1. The van der Waals surface area contributed by atoms with Crippen LogP contribution >= 0.6 is 11.3 Å². The van der Waals surface area contributed by atoms with Gasteiger partial charge in [-0.15, -0.1) is 11.3 Å². The molecule has 0 aliphatic rings. The van der Waals surface area contributed by atoms with E-state index in [9.17, 15) is 9.50 Å². The van der Waals surface area contributed by atoms with Crippen molar-refractivity contribution in [2.45, 2.75) is 0 Å². The van der Waals surface area contributed by atoms with E-state index in [-0.39, 0.29) is 11.6 Å². The van der Waals surface area contributed by atoms with Crippen molar-refractivity contribution in [2.24, 2.45) is 10.1 Å². The summed E-state index contributed by atoms with van der Waals surface area (Å²) >= 11 is 1.38. The van der Waals surface area contributed by atoms with Crippen LogP contribution < -0.4 is 4.80 Å². The van der Waals surface area contributed by atoms with Crippen molar-refractivity contribution in [1.29, 1.82) is 0 Å². The first-order valence-corrected chi connectivity index (χ1v) is 10.4. The Morgan fingerprint density at radius 3 is 2.61 bits per heavy atom. The van der Waals surface area contributed by atoms with Gasteiger partial charge in [0.25, 0.3) is 0 Å². The Morgan fingerprint density at radius 2 is 1.81 bits per heavy atom. The lowest BCUT2D eigenvalue weighted by atomic mass is 10.0. The Balaban J connectivity index is 1.67. The van der Waals surface area contributed by atoms with Gasteiger partial charge in [0, 0.05) is 10.9 Å². The lowest BCUT2D eigenvalue weighted by Crippen LogP contribution is -2.11. The molecule has 0 saturated carbocycles. The van der Waals surface area contributed by atoms with Crippen molar-refractivity contribution >= 4 is 34.0 Å². The molecule has 2 heterocycles. The third kappa shape index (κ3) is 3.78. The van der Waals surface area contributed by atoms with E-state index in [1.54, 1.807) is 41.4 Å². The van der Waals surface area contributed by atoms with Crippen molar-refractivity contribution < 1.29 is 13.9 Å². The highest BCUT2D eigenvalue weighted by Gasteiger charge is 2.11. The van der Waals surface area contributed by atoms with E-state index in [1.165, 1.54) is 23.5 Å². The molecule has 0 amide bonds. The first-order valence-electron chi connectivity index (χ1n) is 9.49. The van der Waals surface area contributed by atoms with Gasteiger partial charge < -0.3 is 9.52 Å². The monoisotopic (exact) mass is 429 g/mol. The van der Waals surface area contributed by atoms with Crippen molar-refractivity contribution in [3.63, 3.8) is 0 Å². The summed E-state index contributed by atoms with van der Waals surface area (Å²) in [5.74, 6) is 0.449. The number of hydrogen-bond acceptors (Lipinski definition) is 5. The van der Waals surface area contributed by atoms with Crippen molar-refractivity contribution in [3.8, 4) is 17.2 Å². The van der Waals surface area contributed by atoms with Crippen LogP contribution in [0, 0.1) is 5.82 Å². The molecular formula is C24H16FN3O2S. The second-order valence-electron chi connectivity index (χ2n) is 6.74. The smallest absolute Gasteiger partial charge is 0.211 e. The second-order valence-corrected chi connectivity index (χ2v) is 7.58. The van der Waals surface area contributed by atoms with Crippen molar-refractivity contribution in [2.75, 3.05) is 0 Å². The molecule has 31 heavy (non-hydrogen) atoms. The average molecular weight is 429 g/mol. The van der Waals surface area contributed by atoms with Crippen LogP contribution in [0.15, 0.2) is 99.0 Å². The normalized spacial score (nSPS) is 12.2. The molecular weight excluding hydrogens is 413 g/mol. The molecule has 152 valence electrons. The van der Waals surface area contributed by atoms with Gasteiger partial charge in [-0.1, -0.05) is 30.3 Å². The number of halogens is 1. The Labute approximate surface area is 180 Å². The van der Waals surface area contributed by atoms with Crippen LogP contribution in [-0.4, -0.2) is 16.0 Å². The fourth-order valence-corrected chi connectivity index (χ4v) is 4.08. The molecule has 5 rings (SSSR count). The number of phenolic OH excluding ortho intramolecular Hbond substituents is 1. The van der Waals surface area contributed by atoms with Crippen molar-refractivity contribution in [3.05, 3.63) is 101 Å². The molecule has 0 bridgehead atoms. The van der Waals surface area contributed by atoms with E-state index < -0.39 is 0 Å². The zero-order valence-corrected chi connectivity index (χ0v) is 17.0. The summed E-state index contributed by atoms with van der Waals surface area (Å²) in [6.45, 7) is 0. The predicted octanol–water partition coefficient (Wildman–Crippen LogP) is 5.92. The van der Waals surface area contributed by atoms with Gasteiger partial charge in [-0.3, -0.25) is 0 Å². The van der Waals surface area contributed by atoms with E-state index in [1.807, 2.05) is 41.8 Å². The molecule has 0 aliphatic carbocycles. The fraction of sp³-hybridized carbons (Fsp3) is 0. The zero-order valence-electron chi connectivity index (χ0n) is 16.1. The summed E-state index contributed by atoms with van der Waals surface area (Å²) in [7, 11) is 0. The number of thiazole rings is 1. The Bertz CT molecular complexity index is 1450. The van der Waals surface area contributed by atoms with Gasteiger partial charge in [0.1, 0.15) is 17.3 Å². The van der Waals surface area contributed by atoms with E-state index in [0.717, 1.165) is 10.8 Å². The first-order chi connectivity index (χ1) is 15.2. The van der Waals surface area contributed by atoms with Crippen molar-refractivity contribution in [1.82, 2.24) is 4.68 Å². The SMILES string of the molecule is Oc1ccc2ccccc2c1C=Nn1c(-c2ccco2)csc1=Nc1ccc(F)cc1. The van der Waals surface area contributed by atoms with Crippen LogP contribution in [0.1, 0.15) is 5.56 Å². The largest absolute Gasteiger partial charge is 0.507 e. The summed E-state index contributed by atoms with van der Waals surface area (Å²) in [5.41, 5.74) is 1.92. The highest BCUT2D eigenvalue weighted by Crippen LogP contribution is 2.26. The maximum absolute atomic E-state index is 13.3. The Morgan fingerprint density at radius 1 is 0.968 bits per heavy atom. The van der Waals surface area contributed by atoms with Gasteiger partial charge in [-0.05, 0) is 53.2 Å². The van der Waals surface area contributed by atoms with Crippen LogP contribution in [0.3, 0.4) is 0 Å². The van der Waals surface area contributed by atoms with Crippen LogP contribution in [0.4, 0.5) is 10.1 Å². The maximum atomic E-state index is 13.3. The first kappa shape index (κ1) is 19.0. The molecule has 0 aliphatic heterocycles. The average Bonchev–Trinajstić information content (AvgIpc) is 3.45. The maximum Gasteiger partial charge on any atom is 0.211 e. The van der Waals surface area contributed by atoms with Gasteiger partial charge in [0.15, 0.2) is 5.76 Å².